The smallest absolute Gasteiger partial charge is 0.223 e. The fourth-order valence-corrected chi connectivity index (χ4v) is 1.43. The number of ether oxygens (including phenoxy) is 1. The lowest BCUT2D eigenvalue weighted by atomic mass is 10.2. The van der Waals surface area contributed by atoms with Gasteiger partial charge in [-0.1, -0.05) is 12.1 Å². The number of benzene rings is 1. The lowest BCUT2D eigenvalue weighted by Gasteiger charge is -2.12. The van der Waals surface area contributed by atoms with Crippen LogP contribution in [0.1, 0.15) is 19.8 Å². The zero-order chi connectivity index (χ0) is 13.4. The maximum atomic E-state index is 13.2. The lowest BCUT2D eigenvalue weighted by molar-refractivity contribution is -0.122. The number of halogens is 1. The van der Waals surface area contributed by atoms with Gasteiger partial charge in [-0.15, -0.1) is 0 Å². The molecule has 0 aromatic heterocycles. The van der Waals surface area contributed by atoms with Crippen molar-refractivity contribution in [2.45, 2.75) is 25.8 Å². The van der Waals surface area contributed by atoms with Gasteiger partial charge in [0.1, 0.15) is 0 Å². The number of nitrogens with one attached hydrogen (secondary N) is 1. The fraction of sp³-hybridized carbons (Fsp3) is 0.462. The summed E-state index contributed by atoms with van der Waals surface area (Å²) in [5.74, 6) is -0.465. The molecule has 1 atom stereocenters. The third-order valence-corrected chi connectivity index (χ3v) is 2.39. The highest BCUT2D eigenvalue weighted by atomic mass is 19.1. The molecule has 4 nitrogen and oxygen atoms in total. The Bertz CT molecular complexity index is 384. The Balaban J connectivity index is 2.25. The summed E-state index contributed by atoms with van der Waals surface area (Å²) in [6.07, 6.45) is 0.671. The monoisotopic (exact) mass is 255 g/mol. The van der Waals surface area contributed by atoms with Gasteiger partial charge in [0.25, 0.3) is 0 Å². The van der Waals surface area contributed by atoms with Gasteiger partial charge in [0.15, 0.2) is 11.6 Å². The normalized spacial score (nSPS) is 11.9. The van der Waals surface area contributed by atoms with E-state index in [1.807, 2.05) is 6.92 Å². The molecule has 0 aliphatic heterocycles. The van der Waals surface area contributed by atoms with Crippen LogP contribution in [0.5, 0.6) is 5.75 Å². The molecule has 0 fully saturated rings. The summed E-state index contributed by atoms with van der Waals surface area (Å²) < 4.78 is 18.3. The van der Waals surface area contributed by atoms with Gasteiger partial charge in [0, 0.05) is 12.6 Å². The topological polar surface area (TPSA) is 58.6 Å². The third-order valence-electron chi connectivity index (χ3n) is 2.39. The van der Waals surface area contributed by atoms with E-state index in [0.29, 0.717) is 6.42 Å². The summed E-state index contributed by atoms with van der Waals surface area (Å²) in [6, 6.07) is 5.99. The molecule has 1 amide bonds. The average Bonchev–Trinajstić information content (AvgIpc) is 2.31. The molecule has 1 aromatic carbocycles. The van der Waals surface area contributed by atoms with E-state index >= 15 is 0 Å². The van der Waals surface area contributed by atoms with Gasteiger partial charge in [-0.05, 0) is 25.5 Å². The molecule has 1 rings (SSSR count). The van der Waals surface area contributed by atoms with Crippen molar-refractivity contribution in [2.24, 2.45) is 0 Å². The summed E-state index contributed by atoms with van der Waals surface area (Å²) in [4.78, 5) is 11.4. The van der Waals surface area contributed by atoms with Crippen LogP contribution >= 0.6 is 0 Å². The van der Waals surface area contributed by atoms with Crippen molar-refractivity contribution >= 4 is 5.91 Å². The minimum absolute atomic E-state index is 0.0349. The standard InChI is InChI=1S/C13H18FNO3/c1-10(6-8-16)15-13(17)7-9-18-12-5-3-2-4-11(12)14/h2-5,10,16H,6-9H2,1H3,(H,15,17). The van der Waals surface area contributed by atoms with Crippen LogP contribution in [0.2, 0.25) is 0 Å². The highest BCUT2D eigenvalue weighted by Gasteiger charge is 2.07. The molecule has 0 saturated carbocycles. The van der Waals surface area contributed by atoms with Gasteiger partial charge >= 0.3 is 0 Å². The van der Waals surface area contributed by atoms with Crippen molar-refractivity contribution in [1.29, 1.82) is 0 Å². The van der Waals surface area contributed by atoms with Crippen LogP contribution in [0.25, 0.3) is 0 Å². The number of para-hydroxylation sites is 1. The van der Waals surface area contributed by atoms with Gasteiger partial charge in [0.2, 0.25) is 5.91 Å². The van der Waals surface area contributed by atoms with E-state index in [1.165, 1.54) is 12.1 Å². The van der Waals surface area contributed by atoms with Crippen molar-refractivity contribution in [1.82, 2.24) is 5.32 Å². The minimum atomic E-state index is -0.438. The quantitative estimate of drug-likeness (QED) is 0.776. The molecule has 0 saturated heterocycles. The summed E-state index contributed by atoms with van der Waals surface area (Å²) in [7, 11) is 0. The number of carbonyl (C=O) groups is 1. The molecule has 0 aliphatic rings. The van der Waals surface area contributed by atoms with E-state index in [4.69, 9.17) is 9.84 Å². The first-order chi connectivity index (χ1) is 8.63. The molecule has 1 aromatic rings. The van der Waals surface area contributed by atoms with Crippen LogP contribution in [-0.4, -0.2) is 30.3 Å². The predicted octanol–water partition coefficient (Wildman–Crippen LogP) is 1.48. The molecule has 0 spiro atoms. The summed E-state index contributed by atoms with van der Waals surface area (Å²) >= 11 is 0. The molecule has 100 valence electrons. The second-order valence-corrected chi connectivity index (χ2v) is 4.01. The van der Waals surface area contributed by atoms with Crippen molar-refractivity contribution < 1.29 is 19.0 Å². The van der Waals surface area contributed by atoms with E-state index in [9.17, 15) is 9.18 Å². The van der Waals surface area contributed by atoms with Crippen molar-refractivity contribution in [2.75, 3.05) is 13.2 Å². The van der Waals surface area contributed by atoms with Crippen LogP contribution in [-0.2, 0) is 4.79 Å². The van der Waals surface area contributed by atoms with E-state index in [-0.39, 0.29) is 37.3 Å². The van der Waals surface area contributed by atoms with Crippen molar-refractivity contribution in [3.63, 3.8) is 0 Å². The van der Waals surface area contributed by atoms with Crippen LogP contribution in [0.15, 0.2) is 24.3 Å². The van der Waals surface area contributed by atoms with Gasteiger partial charge in [-0.25, -0.2) is 4.39 Å². The summed E-state index contributed by atoms with van der Waals surface area (Å²) in [5, 5.41) is 11.4. The molecular weight excluding hydrogens is 237 g/mol. The number of amides is 1. The van der Waals surface area contributed by atoms with E-state index in [2.05, 4.69) is 5.32 Å². The first kappa shape index (κ1) is 14.4. The Kier molecular flexibility index (Phi) is 6.14. The first-order valence-electron chi connectivity index (χ1n) is 5.91. The molecule has 0 radical (unpaired) electrons. The van der Waals surface area contributed by atoms with Crippen LogP contribution in [0.4, 0.5) is 4.39 Å². The molecular formula is C13H18FNO3. The number of rotatable bonds is 7. The molecule has 0 heterocycles. The molecule has 0 aliphatic carbocycles. The van der Waals surface area contributed by atoms with Crippen LogP contribution < -0.4 is 10.1 Å². The summed E-state index contributed by atoms with van der Waals surface area (Å²) in [5.41, 5.74) is 0. The Hall–Kier alpha value is -1.62. The highest BCUT2D eigenvalue weighted by Crippen LogP contribution is 2.15. The molecule has 1 unspecified atom stereocenters. The minimum Gasteiger partial charge on any atom is -0.490 e. The Morgan fingerprint density at radius 1 is 1.50 bits per heavy atom. The number of hydrogen-bond acceptors (Lipinski definition) is 3. The maximum Gasteiger partial charge on any atom is 0.223 e. The van der Waals surface area contributed by atoms with Gasteiger partial charge in [-0.3, -0.25) is 4.79 Å². The fourth-order valence-electron chi connectivity index (χ4n) is 1.43. The van der Waals surface area contributed by atoms with Crippen LogP contribution in [0.3, 0.4) is 0 Å². The van der Waals surface area contributed by atoms with Gasteiger partial charge in [-0.2, -0.15) is 0 Å². The Morgan fingerprint density at radius 3 is 2.89 bits per heavy atom. The van der Waals surface area contributed by atoms with E-state index in [1.54, 1.807) is 12.1 Å². The Labute approximate surface area is 106 Å². The number of hydrogen-bond donors (Lipinski definition) is 2. The second-order valence-electron chi connectivity index (χ2n) is 4.01. The highest BCUT2D eigenvalue weighted by molar-refractivity contribution is 5.76. The molecule has 0 bridgehead atoms. The van der Waals surface area contributed by atoms with Crippen molar-refractivity contribution in [3.05, 3.63) is 30.1 Å². The zero-order valence-electron chi connectivity index (χ0n) is 10.4. The van der Waals surface area contributed by atoms with E-state index < -0.39 is 5.82 Å². The Morgan fingerprint density at radius 2 is 2.22 bits per heavy atom. The first-order valence-corrected chi connectivity index (χ1v) is 5.91. The number of aliphatic hydroxyl groups excluding tert-OH is 1. The number of aliphatic hydroxyl groups is 1. The molecule has 2 N–H and O–H groups in total. The maximum absolute atomic E-state index is 13.2. The zero-order valence-corrected chi connectivity index (χ0v) is 10.4. The molecule has 18 heavy (non-hydrogen) atoms. The van der Waals surface area contributed by atoms with Crippen LogP contribution in [0, 0.1) is 5.82 Å². The van der Waals surface area contributed by atoms with Crippen molar-refractivity contribution in [3.8, 4) is 5.75 Å². The third kappa shape index (κ3) is 5.14. The summed E-state index contributed by atoms with van der Waals surface area (Å²) in [6.45, 7) is 1.97. The largest absolute Gasteiger partial charge is 0.490 e. The number of carbonyl (C=O) groups excluding carboxylic acids is 1. The molecule has 5 heteroatoms. The SMILES string of the molecule is CC(CCO)NC(=O)CCOc1ccccc1F. The predicted molar refractivity (Wildman–Crippen MR) is 65.8 cm³/mol. The van der Waals surface area contributed by atoms with Gasteiger partial charge in [0.05, 0.1) is 13.0 Å². The van der Waals surface area contributed by atoms with E-state index in [0.717, 1.165) is 0 Å². The average molecular weight is 255 g/mol. The second kappa shape index (κ2) is 7.66. The van der Waals surface area contributed by atoms with Gasteiger partial charge < -0.3 is 15.2 Å². The lowest BCUT2D eigenvalue weighted by Crippen LogP contribution is -2.33.